The van der Waals surface area contributed by atoms with E-state index in [4.69, 9.17) is 21.1 Å². The summed E-state index contributed by atoms with van der Waals surface area (Å²) in [5.74, 6) is 0.128. The van der Waals surface area contributed by atoms with E-state index in [1.807, 2.05) is 17.9 Å². The monoisotopic (exact) mass is 467 g/mol. The molecule has 0 saturated carbocycles. The molecule has 32 heavy (non-hydrogen) atoms. The number of hydrogen-bond donors (Lipinski definition) is 0. The van der Waals surface area contributed by atoms with E-state index in [0.29, 0.717) is 37.3 Å². The van der Waals surface area contributed by atoms with Gasteiger partial charge in [0.05, 0.1) is 24.2 Å². The summed E-state index contributed by atoms with van der Waals surface area (Å²) in [4.78, 5) is 33.7. The van der Waals surface area contributed by atoms with Crippen molar-refractivity contribution in [3.63, 3.8) is 0 Å². The molecule has 11 heteroatoms. The maximum Gasteiger partial charge on any atom is 0.323 e. The van der Waals surface area contributed by atoms with Gasteiger partial charge in [0.2, 0.25) is 0 Å². The molecule has 3 rings (SSSR count). The quantitative estimate of drug-likeness (QED) is 0.234. The van der Waals surface area contributed by atoms with Crippen molar-refractivity contribution in [2.24, 2.45) is 0 Å². The van der Waals surface area contributed by atoms with E-state index >= 15 is 0 Å². The van der Waals surface area contributed by atoms with Crippen LogP contribution in [0.2, 0.25) is 5.15 Å². The minimum Gasteiger partial charge on any atom is -0.462 e. The van der Waals surface area contributed by atoms with Crippen molar-refractivity contribution in [3.8, 4) is 0 Å². The highest BCUT2D eigenvalue weighted by Crippen LogP contribution is 2.25. The fraction of sp³-hybridized carbons (Fsp3) is 0.619. The highest BCUT2D eigenvalue weighted by molar-refractivity contribution is 6.29. The number of nitrogens with zero attached hydrogens (tertiary/aromatic N) is 5. The maximum absolute atomic E-state index is 12.6. The van der Waals surface area contributed by atoms with Crippen LogP contribution in [0.15, 0.2) is 29.8 Å². The number of rotatable bonds is 9. The number of hydrogen-bond acceptors (Lipinski definition) is 9. The Kier molecular flexibility index (Phi) is 8.27. The number of esters is 1. The van der Waals surface area contributed by atoms with Crippen molar-refractivity contribution in [1.82, 2.24) is 19.7 Å². The molecule has 2 aliphatic heterocycles. The van der Waals surface area contributed by atoms with Crippen LogP contribution in [0.25, 0.3) is 0 Å². The topological polar surface area (TPSA) is 101 Å². The van der Waals surface area contributed by atoms with E-state index < -0.39 is 12.0 Å². The molecule has 1 aromatic rings. The van der Waals surface area contributed by atoms with Crippen LogP contribution in [0.5, 0.6) is 0 Å². The molecule has 176 valence electrons. The Morgan fingerprint density at radius 1 is 1.50 bits per heavy atom. The van der Waals surface area contributed by atoms with Gasteiger partial charge in [-0.25, -0.2) is 4.98 Å². The summed E-state index contributed by atoms with van der Waals surface area (Å²) in [7, 11) is 1.79. The molecule has 1 unspecified atom stereocenters. The van der Waals surface area contributed by atoms with Gasteiger partial charge in [0, 0.05) is 32.9 Å². The normalized spacial score (nSPS) is 20.4. The smallest absolute Gasteiger partial charge is 0.323 e. The molecular formula is C21H30ClN5O5. The average Bonchev–Trinajstić information content (AvgIpc) is 3.30. The summed E-state index contributed by atoms with van der Waals surface area (Å²) >= 11 is 5.87. The number of nitro groups is 1. The van der Waals surface area contributed by atoms with Crippen LogP contribution in [-0.4, -0.2) is 82.7 Å². The Morgan fingerprint density at radius 3 is 2.88 bits per heavy atom. The molecule has 0 amide bonds. The van der Waals surface area contributed by atoms with E-state index in [2.05, 4.69) is 4.98 Å². The van der Waals surface area contributed by atoms with E-state index in [0.717, 1.165) is 18.4 Å². The average molecular weight is 468 g/mol. The SMILES string of the molecule is CCN(Cc1ccc(Cl)nc1)C1=C([N+](=O)[O-])CN([C@@H](C)C(=O)OCC2CCCO2)CN1C. The lowest BCUT2D eigenvalue weighted by molar-refractivity contribution is -0.434. The first-order valence-electron chi connectivity index (χ1n) is 10.8. The van der Waals surface area contributed by atoms with Gasteiger partial charge < -0.3 is 19.3 Å². The third-order valence-electron chi connectivity index (χ3n) is 5.75. The maximum atomic E-state index is 12.6. The van der Waals surface area contributed by atoms with Crippen LogP contribution in [-0.2, 0) is 20.8 Å². The van der Waals surface area contributed by atoms with Crippen LogP contribution in [0, 0.1) is 10.1 Å². The standard InChI is InChI=1S/C21H30ClN5O5/c1-4-25(11-16-7-8-19(22)23-10-16)20-18(27(29)30)12-26(14-24(20)3)15(2)21(28)32-13-17-6-5-9-31-17/h7-8,10,15,17H,4-6,9,11-14H2,1-3H3/t15-,17?/m0/s1. The Hall–Kier alpha value is -2.43. The molecule has 0 aromatic carbocycles. The number of ether oxygens (including phenoxy) is 2. The molecule has 2 aliphatic rings. The van der Waals surface area contributed by atoms with Crippen molar-refractivity contribution >= 4 is 17.6 Å². The van der Waals surface area contributed by atoms with Crippen molar-refractivity contribution in [2.45, 2.75) is 45.4 Å². The number of halogens is 1. The molecular weight excluding hydrogens is 438 g/mol. The van der Waals surface area contributed by atoms with Gasteiger partial charge >= 0.3 is 5.97 Å². The van der Waals surface area contributed by atoms with Gasteiger partial charge in [-0.2, -0.15) is 0 Å². The predicted octanol–water partition coefficient (Wildman–Crippen LogP) is 2.32. The lowest BCUT2D eigenvalue weighted by Crippen LogP contribution is -2.53. The summed E-state index contributed by atoms with van der Waals surface area (Å²) < 4.78 is 10.9. The van der Waals surface area contributed by atoms with Gasteiger partial charge in [-0.1, -0.05) is 17.7 Å². The summed E-state index contributed by atoms with van der Waals surface area (Å²) in [6.45, 7) is 5.99. The fourth-order valence-corrected chi connectivity index (χ4v) is 4.08. The minimum absolute atomic E-state index is 0.0399. The molecule has 0 radical (unpaired) electrons. The zero-order valence-electron chi connectivity index (χ0n) is 18.7. The summed E-state index contributed by atoms with van der Waals surface area (Å²) in [5.41, 5.74) is 0.939. The van der Waals surface area contributed by atoms with Gasteiger partial charge in [0.15, 0.2) is 5.82 Å². The second kappa shape index (κ2) is 10.9. The molecule has 10 nitrogen and oxygen atoms in total. The Bertz CT molecular complexity index is 843. The van der Waals surface area contributed by atoms with Crippen LogP contribution >= 0.6 is 11.6 Å². The largest absolute Gasteiger partial charge is 0.462 e. The lowest BCUT2D eigenvalue weighted by Gasteiger charge is -2.40. The van der Waals surface area contributed by atoms with E-state index in [1.165, 1.54) is 0 Å². The van der Waals surface area contributed by atoms with Crippen LogP contribution in [0.3, 0.4) is 0 Å². The summed E-state index contributed by atoms with van der Waals surface area (Å²) in [5, 5.41) is 12.4. The third kappa shape index (κ3) is 5.87. The zero-order valence-corrected chi connectivity index (χ0v) is 19.5. The Morgan fingerprint density at radius 2 is 2.28 bits per heavy atom. The van der Waals surface area contributed by atoms with Crippen LogP contribution in [0.4, 0.5) is 0 Å². The van der Waals surface area contributed by atoms with E-state index in [9.17, 15) is 14.9 Å². The Balaban J connectivity index is 1.73. The van der Waals surface area contributed by atoms with E-state index in [1.54, 1.807) is 36.0 Å². The lowest BCUT2D eigenvalue weighted by atomic mass is 10.2. The van der Waals surface area contributed by atoms with Crippen molar-refractivity contribution in [2.75, 3.05) is 40.0 Å². The Labute approximate surface area is 192 Å². The molecule has 1 aromatic heterocycles. The number of carbonyl (C=O) groups is 1. The predicted molar refractivity (Wildman–Crippen MR) is 118 cm³/mol. The molecule has 0 N–H and O–H groups in total. The van der Waals surface area contributed by atoms with Crippen LogP contribution in [0.1, 0.15) is 32.3 Å². The second-order valence-electron chi connectivity index (χ2n) is 8.06. The number of aromatic nitrogens is 1. The minimum atomic E-state index is -0.620. The first kappa shape index (κ1) is 24.2. The van der Waals surface area contributed by atoms with Crippen molar-refractivity contribution in [3.05, 3.63) is 50.7 Å². The molecule has 0 spiro atoms. The molecule has 3 heterocycles. The molecule has 0 aliphatic carbocycles. The summed E-state index contributed by atoms with van der Waals surface area (Å²) in [6.07, 6.45) is 3.45. The van der Waals surface area contributed by atoms with Gasteiger partial charge in [0.1, 0.15) is 17.8 Å². The first-order chi connectivity index (χ1) is 15.3. The molecule has 0 bridgehead atoms. The van der Waals surface area contributed by atoms with E-state index in [-0.39, 0.29) is 29.9 Å². The van der Waals surface area contributed by atoms with Crippen LogP contribution < -0.4 is 0 Å². The first-order valence-corrected chi connectivity index (χ1v) is 11.1. The number of carbonyl (C=O) groups excluding carboxylic acids is 1. The van der Waals surface area contributed by atoms with Gasteiger partial charge in [-0.3, -0.25) is 19.8 Å². The van der Waals surface area contributed by atoms with Gasteiger partial charge in [-0.05, 0) is 38.3 Å². The molecule has 2 atom stereocenters. The fourth-order valence-electron chi connectivity index (χ4n) is 3.97. The zero-order chi connectivity index (χ0) is 23.3. The van der Waals surface area contributed by atoms with Gasteiger partial charge in [-0.15, -0.1) is 0 Å². The van der Waals surface area contributed by atoms with Crippen molar-refractivity contribution < 1.29 is 19.2 Å². The molecule has 1 saturated heterocycles. The third-order valence-corrected chi connectivity index (χ3v) is 5.98. The summed E-state index contributed by atoms with van der Waals surface area (Å²) in [6, 6.07) is 2.93. The van der Waals surface area contributed by atoms with Crippen molar-refractivity contribution in [1.29, 1.82) is 0 Å². The highest BCUT2D eigenvalue weighted by atomic mass is 35.5. The highest BCUT2D eigenvalue weighted by Gasteiger charge is 2.37. The molecule has 1 fully saturated rings. The second-order valence-corrected chi connectivity index (χ2v) is 8.45. The number of pyridine rings is 1. The van der Waals surface area contributed by atoms with Gasteiger partial charge in [0.25, 0.3) is 5.70 Å².